The minimum atomic E-state index is -0.408. The van der Waals surface area contributed by atoms with Crippen LogP contribution in [-0.2, 0) is 9.31 Å². The Labute approximate surface area is 122 Å². The molecule has 20 heavy (non-hydrogen) atoms. The lowest BCUT2D eigenvalue weighted by Crippen LogP contribution is -2.41. The highest BCUT2D eigenvalue weighted by Crippen LogP contribution is 2.36. The Morgan fingerprint density at radius 2 is 1.65 bits per heavy atom. The van der Waals surface area contributed by atoms with E-state index in [0.29, 0.717) is 6.04 Å². The zero-order valence-electron chi connectivity index (χ0n) is 13.6. The van der Waals surface area contributed by atoms with Crippen LogP contribution in [0, 0.1) is 6.92 Å². The molecule has 0 unspecified atom stereocenters. The van der Waals surface area contributed by atoms with Gasteiger partial charge < -0.3 is 14.6 Å². The lowest BCUT2D eigenvalue weighted by Gasteiger charge is -2.32. The van der Waals surface area contributed by atoms with Gasteiger partial charge >= 0.3 is 7.12 Å². The van der Waals surface area contributed by atoms with Gasteiger partial charge in [-0.2, -0.15) is 0 Å². The second kappa shape index (κ2) is 5.04. The number of pyridine rings is 1. The number of rotatable bonds is 3. The molecule has 1 saturated heterocycles. The molecule has 110 valence electrons. The second-order valence-corrected chi connectivity index (χ2v) is 6.79. The predicted molar refractivity (Wildman–Crippen MR) is 83.4 cm³/mol. The zero-order chi connectivity index (χ0) is 15.1. The molecule has 0 spiro atoms. The topological polar surface area (TPSA) is 43.4 Å². The molecular weight excluding hydrogens is 251 g/mol. The van der Waals surface area contributed by atoms with E-state index in [-0.39, 0.29) is 11.2 Å². The van der Waals surface area contributed by atoms with Crippen molar-refractivity contribution in [3.8, 4) is 0 Å². The molecule has 0 aromatic carbocycles. The maximum atomic E-state index is 6.08. The Hall–Kier alpha value is -1.07. The number of anilines is 1. The van der Waals surface area contributed by atoms with Gasteiger partial charge in [-0.25, -0.2) is 4.98 Å². The van der Waals surface area contributed by atoms with Crippen LogP contribution in [0.2, 0.25) is 0 Å². The van der Waals surface area contributed by atoms with Gasteiger partial charge in [-0.05, 0) is 60.1 Å². The van der Waals surface area contributed by atoms with Crippen molar-refractivity contribution in [1.29, 1.82) is 0 Å². The van der Waals surface area contributed by atoms with Crippen LogP contribution in [0.1, 0.15) is 47.1 Å². The van der Waals surface area contributed by atoms with E-state index < -0.39 is 7.12 Å². The van der Waals surface area contributed by atoms with E-state index in [4.69, 9.17) is 9.31 Å². The molecule has 1 aromatic heterocycles. The Kier molecular flexibility index (Phi) is 3.86. The Morgan fingerprint density at radius 3 is 2.15 bits per heavy atom. The predicted octanol–water partition coefficient (Wildman–Crippen LogP) is 2.51. The molecule has 0 amide bonds. The summed E-state index contributed by atoms with van der Waals surface area (Å²) in [5, 5.41) is 3.32. The van der Waals surface area contributed by atoms with Gasteiger partial charge in [0.15, 0.2) is 0 Å². The minimum Gasteiger partial charge on any atom is -0.398 e. The molecule has 0 atom stereocenters. The fraction of sp³-hybridized carbons (Fsp3) is 0.667. The highest BCUT2D eigenvalue weighted by molar-refractivity contribution is 6.61. The van der Waals surface area contributed by atoms with Crippen LogP contribution < -0.4 is 10.9 Å². The van der Waals surface area contributed by atoms with Crippen molar-refractivity contribution in [3.63, 3.8) is 0 Å². The molecule has 4 nitrogen and oxygen atoms in total. The van der Waals surface area contributed by atoms with Crippen molar-refractivity contribution in [1.82, 2.24) is 4.98 Å². The molecule has 2 heterocycles. The van der Waals surface area contributed by atoms with Gasteiger partial charge in [-0.1, -0.05) is 6.07 Å². The third-order valence-corrected chi connectivity index (χ3v) is 4.05. The summed E-state index contributed by atoms with van der Waals surface area (Å²) in [6.07, 6.45) is 0. The van der Waals surface area contributed by atoms with Gasteiger partial charge in [-0.15, -0.1) is 0 Å². The molecular formula is C15H25BN2O2. The standard InChI is InChI=1S/C15H25BN2O2/c1-10(2)17-12-9-8-11(3)13(18-12)16-19-14(4,5)15(6,7)20-16/h8-10H,1-7H3,(H,17,18). The zero-order valence-corrected chi connectivity index (χ0v) is 13.6. The molecule has 0 saturated carbocycles. The van der Waals surface area contributed by atoms with Crippen LogP contribution in [0.15, 0.2) is 12.1 Å². The summed E-state index contributed by atoms with van der Waals surface area (Å²) in [4.78, 5) is 4.66. The first-order valence-electron chi connectivity index (χ1n) is 7.22. The molecule has 1 aliphatic heterocycles. The highest BCUT2D eigenvalue weighted by Gasteiger charge is 2.52. The maximum absolute atomic E-state index is 6.08. The van der Waals surface area contributed by atoms with Gasteiger partial charge in [0, 0.05) is 6.04 Å². The second-order valence-electron chi connectivity index (χ2n) is 6.79. The van der Waals surface area contributed by atoms with E-state index in [0.717, 1.165) is 17.0 Å². The van der Waals surface area contributed by atoms with Crippen LogP contribution in [0.4, 0.5) is 5.82 Å². The molecule has 1 aliphatic rings. The average Bonchev–Trinajstić information content (AvgIpc) is 2.50. The summed E-state index contributed by atoms with van der Waals surface area (Å²) in [6.45, 7) is 14.4. The van der Waals surface area contributed by atoms with Crippen molar-refractivity contribution in [2.45, 2.75) is 65.7 Å². The smallest absolute Gasteiger partial charge is 0.398 e. The van der Waals surface area contributed by atoms with E-state index in [2.05, 4.69) is 57.9 Å². The number of hydrogen-bond acceptors (Lipinski definition) is 4. The fourth-order valence-corrected chi connectivity index (χ4v) is 2.11. The molecule has 2 rings (SSSR count). The SMILES string of the molecule is Cc1ccc(NC(C)C)nc1B1OC(C)(C)C(C)(C)O1. The number of aromatic nitrogens is 1. The monoisotopic (exact) mass is 276 g/mol. The summed E-state index contributed by atoms with van der Waals surface area (Å²) in [5.41, 5.74) is 1.26. The first-order chi connectivity index (χ1) is 9.12. The van der Waals surface area contributed by atoms with E-state index in [9.17, 15) is 0 Å². The van der Waals surface area contributed by atoms with Crippen molar-refractivity contribution >= 4 is 18.5 Å². The van der Waals surface area contributed by atoms with Crippen molar-refractivity contribution in [2.75, 3.05) is 5.32 Å². The minimum absolute atomic E-state index is 0.340. The van der Waals surface area contributed by atoms with E-state index in [1.807, 2.05) is 13.0 Å². The molecule has 5 heteroatoms. The van der Waals surface area contributed by atoms with Crippen molar-refractivity contribution in [3.05, 3.63) is 17.7 Å². The largest absolute Gasteiger partial charge is 0.514 e. The number of hydrogen-bond donors (Lipinski definition) is 1. The molecule has 0 radical (unpaired) electrons. The summed E-state index contributed by atoms with van der Waals surface area (Å²) >= 11 is 0. The summed E-state index contributed by atoms with van der Waals surface area (Å²) in [5.74, 6) is 0.857. The van der Waals surface area contributed by atoms with Gasteiger partial charge in [0.25, 0.3) is 0 Å². The maximum Gasteiger partial charge on any atom is 0.514 e. The number of nitrogens with zero attached hydrogens (tertiary/aromatic N) is 1. The number of aryl methyl sites for hydroxylation is 1. The number of nitrogens with one attached hydrogen (secondary N) is 1. The van der Waals surface area contributed by atoms with Crippen LogP contribution in [0.5, 0.6) is 0 Å². The van der Waals surface area contributed by atoms with Crippen LogP contribution >= 0.6 is 0 Å². The van der Waals surface area contributed by atoms with Crippen LogP contribution in [-0.4, -0.2) is 29.3 Å². The quantitative estimate of drug-likeness (QED) is 0.861. The average molecular weight is 276 g/mol. The van der Waals surface area contributed by atoms with E-state index in [1.54, 1.807) is 0 Å². The van der Waals surface area contributed by atoms with Gasteiger partial charge in [0.1, 0.15) is 5.82 Å². The van der Waals surface area contributed by atoms with E-state index in [1.165, 1.54) is 0 Å². The summed E-state index contributed by atoms with van der Waals surface area (Å²) in [6, 6.07) is 4.39. The first kappa shape index (κ1) is 15.3. The Morgan fingerprint density at radius 1 is 1.10 bits per heavy atom. The summed E-state index contributed by atoms with van der Waals surface area (Å²) in [7, 11) is -0.408. The van der Waals surface area contributed by atoms with Gasteiger partial charge in [0.2, 0.25) is 0 Å². The molecule has 1 fully saturated rings. The Bertz CT molecular complexity index is 485. The molecule has 1 aromatic rings. The van der Waals surface area contributed by atoms with Crippen molar-refractivity contribution < 1.29 is 9.31 Å². The molecule has 0 aliphatic carbocycles. The van der Waals surface area contributed by atoms with Crippen LogP contribution in [0.25, 0.3) is 0 Å². The normalized spacial score (nSPS) is 20.5. The van der Waals surface area contributed by atoms with E-state index >= 15 is 0 Å². The molecule has 0 bridgehead atoms. The lowest BCUT2D eigenvalue weighted by molar-refractivity contribution is 0.00578. The lowest BCUT2D eigenvalue weighted by atomic mass is 9.81. The molecule has 1 N–H and O–H groups in total. The Balaban J connectivity index is 2.30. The van der Waals surface area contributed by atoms with Gasteiger partial charge in [0.05, 0.1) is 16.8 Å². The van der Waals surface area contributed by atoms with Crippen molar-refractivity contribution in [2.24, 2.45) is 0 Å². The summed E-state index contributed by atoms with van der Waals surface area (Å²) < 4.78 is 12.2. The fourth-order valence-electron chi connectivity index (χ4n) is 2.11. The third-order valence-electron chi connectivity index (χ3n) is 4.05. The van der Waals surface area contributed by atoms with Crippen LogP contribution in [0.3, 0.4) is 0 Å². The highest BCUT2D eigenvalue weighted by atomic mass is 16.7. The first-order valence-corrected chi connectivity index (χ1v) is 7.22. The third kappa shape index (κ3) is 2.84. The van der Waals surface area contributed by atoms with Gasteiger partial charge in [-0.3, -0.25) is 0 Å².